The van der Waals surface area contributed by atoms with Crippen molar-refractivity contribution in [2.45, 2.75) is 63.6 Å². The fourth-order valence-corrected chi connectivity index (χ4v) is 4.86. The minimum absolute atomic E-state index is 0.0275. The molecule has 0 bridgehead atoms. The number of rotatable bonds is 7. The zero-order valence-corrected chi connectivity index (χ0v) is 20.9. The fourth-order valence-electron chi connectivity index (χ4n) is 3.88. The third-order valence-corrected chi connectivity index (χ3v) is 6.83. The van der Waals surface area contributed by atoms with Gasteiger partial charge < -0.3 is 20.6 Å². The predicted molar refractivity (Wildman–Crippen MR) is 131 cm³/mol. The third kappa shape index (κ3) is 6.13. The van der Waals surface area contributed by atoms with Crippen LogP contribution in [0.25, 0.3) is 10.4 Å². The number of carbonyl (C=O) groups excluding carboxylic acids is 3. The normalized spacial score (nSPS) is 19.3. The molecule has 0 aliphatic carbocycles. The van der Waals surface area contributed by atoms with E-state index in [4.69, 9.17) is 0 Å². The molecule has 1 fully saturated rings. The van der Waals surface area contributed by atoms with E-state index in [0.717, 1.165) is 21.7 Å². The zero-order valence-electron chi connectivity index (χ0n) is 19.2. The molecule has 1 aliphatic heterocycles. The van der Waals surface area contributed by atoms with E-state index in [-0.39, 0.29) is 24.8 Å². The van der Waals surface area contributed by atoms with Crippen LogP contribution >= 0.6 is 24.0 Å². The largest absolute Gasteiger partial charge is 0.391 e. The number of amides is 3. The number of hydrogen-bond donors (Lipinski definition) is 4. The van der Waals surface area contributed by atoms with Gasteiger partial charge in [-0.3, -0.25) is 14.4 Å². The molecule has 2 aromatic rings. The first-order valence-corrected chi connectivity index (χ1v) is 12.0. The monoisotopic (exact) mass is 490 g/mol. The minimum Gasteiger partial charge on any atom is -0.391 e. The van der Waals surface area contributed by atoms with Crippen molar-refractivity contribution >= 4 is 41.7 Å². The lowest BCUT2D eigenvalue weighted by Crippen LogP contribution is -2.58. The second-order valence-electron chi connectivity index (χ2n) is 8.86. The number of aliphatic hydroxyl groups is 1. The van der Waals surface area contributed by atoms with Gasteiger partial charge in [0.1, 0.15) is 12.1 Å². The van der Waals surface area contributed by atoms with Crippen molar-refractivity contribution in [3.05, 3.63) is 41.0 Å². The summed E-state index contributed by atoms with van der Waals surface area (Å²) < 4.78 is -0.852. The maximum atomic E-state index is 13.2. The van der Waals surface area contributed by atoms with Gasteiger partial charge in [-0.25, -0.2) is 4.98 Å². The lowest BCUT2D eigenvalue weighted by Gasteiger charge is -2.34. The summed E-state index contributed by atoms with van der Waals surface area (Å²) in [6.07, 6.45) is -0.673. The number of nitrogens with one attached hydrogen (secondary N) is 2. The van der Waals surface area contributed by atoms with Crippen molar-refractivity contribution in [2.75, 3.05) is 6.54 Å². The number of benzene rings is 1. The Balaban J connectivity index is 1.67. The van der Waals surface area contributed by atoms with Crippen LogP contribution in [0.4, 0.5) is 0 Å². The summed E-state index contributed by atoms with van der Waals surface area (Å²) in [6, 6.07) is 6.11. The Labute approximate surface area is 203 Å². The van der Waals surface area contributed by atoms with Gasteiger partial charge in [0.2, 0.25) is 17.7 Å². The maximum absolute atomic E-state index is 13.2. The number of hydrogen-bond acceptors (Lipinski definition) is 7. The van der Waals surface area contributed by atoms with Gasteiger partial charge in [-0.2, -0.15) is 12.6 Å². The van der Waals surface area contributed by atoms with Crippen LogP contribution in [0.3, 0.4) is 0 Å². The number of aliphatic hydroxyl groups excluding tert-OH is 1. The minimum atomic E-state index is -0.929. The molecular weight excluding hydrogens is 460 g/mol. The molecule has 3 atom stereocenters. The quantitative estimate of drug-likeness (QED) is 0.443. The van der Waals surface area contributed by atoms with E-state index in [9.17, 15) is 19.5 Å². The number of thiol groups is 1. The van der Waals surface area contributed by atoms with Gasteiger partial charge in [-0.15, -0.1) is 11.3 Å². The summed E-state index contributed by atoms with van der Waals surface area (Å²) in [7, 11) is 0. The second-order valence-corrected chi connectivity index (χ2v) is 10.9. The molecule has 3 N–H and O–H groups in total. The van der Waals surface area contributed by atoms with Gasteiger partial charge in [-0.1, -0.05) is 24.3 Å². The van der Waals surface area contributed by atoms with Crippen LogP contribution in [0.1, 0.15) is 38.4 Å². The Morgan fingerprint density at radius 2 is 1.97 bits per heavy atom. The number of carbonyl (C=O) groups is 3. The van der Waals surface area contributed by atoms with Crippen LogP contribution in [0, 0.1) is 6.92 Å². The van der Waals surface area contributed by atoms with Crippen molar-refractivity contribution in [1.29, 1.82) is 0 Å². The van der Waals surface area contributed by atoms with E-state index < -0.39 is 28.8 Å². The van der Waals surface area contributed by atoms with Crippen LogP contribution in [0.5, 0.6) is 0 Å². The molecule has 10 heteroatoms. The van der Waals surface area contributed by atoms with Gasteiger partial charge >= 0.3 is 0 Å². The molecule has 3 amide bonds. The van der Waals surface area contributed by atoms with Gasteiger partial charge in [0.25, 0.3) is 0 Å². The Morgan fingerprint density at radius 3 is 2.52 bits per heavy atom. The topological polar surface area (TPSA) is 112 Å². The molecule has 0 saturated carbocycles. The molecule has 0 spiro atoms. The summed E-state index contributed by atoms with van der Waals surface area (Å²) in [5.74, 6) is -1.15. The first kappa shape index (κ1) is 25.2. The molecule has 2 heterocycles. The number of thiazole rings is 1. The Hall–Kier alpha value is -2.43. The fraction of sp³-hybridized carbons (Fsp3) is 0.478. The first-order chi connectivity index (χ1) is 15.5. The number of likely N-dealkylation sites (tertiary alicyclic amines) is 1. The van der Waals surface area contributed by atoms with Crippen LogP contribution in [0.2, 0.25) is 0 Å². The first-order valence-electron chi connectivity index (χ1n) is 10.7. The number of β-amino-alcohol motifs (C(OH)–C–C–N with tert-alkyl or cyclic N) is 1. The van der Waals surface area contributed by atoms with E-state index >= 15 is 0 Å². The van der Waals surface area contributed by atoms with E-state index in [0.29, 0.717) is 6.54 Å². The summed E-state index contributed by atoms with van der Waals surface area (Å²) in [6.45, 7) is 7.04. The maximum Gasteiger partial charge on any atom is 0.247 e. The summed E-state index contributed by atoms with van der Waals surface area (Å²) in [4.78, 5) is 44.5. The highest BCUT2D eigenvalue weighted by molar-refractivity contribution is 7.81. The van der Waals surface area contributed by atoms with Crippen LogP contribution < -0.4 is 10.6 Å². The van der Waals surface area contributed by atoms with Gasteiger partial charge in [0, 0.05) is 31.2 Å². The van der Waals surface area contributed by atoms with E-state index in [2.05, 4.69) is 28.2 Å². The molecule has 178 valence electrons. The highest BCUT2D eigenvalue weighted by Crippen LogP contribution is 2.28. The van der Waals surface area contributed by atoms with Crippen LogP contribution in [0.15, 0.2) is 29.8 Å². The smallest absolute Gasteiger partial charge is 0.247 e. The zero-order chi connectivity index (χ0) is 24.3. The van der Waals surface area contributed by atoms with E-state index in [1.165, 1.54) is 11.8 Å². The molecule has 3 rings (SSSR count). The highest BCUT2D eigenvalue weighted by Gasteiger charge is 2.44. The average Bonchev–Trinajstić information content (AvgIpc) is 3.35. The number of nitrogens with zero attached hydrogens (tertiary/aromatic N) is 2. The molecule has 0 radical (unpaired) electrons. The third-order valence-electron chi connectivity index (χ3n) is 5.59. The Kier molecular flexibility index (Phi) is 7.81. The average molecular weight is 491 g/mol. The molecule has 0 unspecified atom stereocenters. The summed E-state index contributed by atoms with van der Waals surface area (Å²) >= 11 is 6.04. The van der Waals surface area contributed by atoms with Crippen molar-refractivity contribution in [2.24, 2.45) is 0 Å². The lowest BCUT2D eigenvalue weighted by molar-refractivity contribution is -0.142. The van der Waals surface area contributed by atoms with Crippen LogP contribution in [-0.2, 0) is 20.9 Å². The molecule has 33 heavy (non-hydrogen) atoms. The van der Waals surface area contributed by atoms with Crippen molar-refractivity contribution in [3.8, 4) is 10.4 Å². The van der Waals surface area contributed by atoms with E-state index in [1.807, 2.05) is 36.7 Å². The Morgan fingerprint density at radius 1 is 1.30 bits per heavy atom. The lowest BCUT2D eigenvalue weighted by atomic mass is 10.0. The van der Waals surface area contributed by atoms with Crippen molar-refractivity contribution in [3.63, 3.8) is 0 Å². The SMILES string of the molecule is CC(=O)N[C@H](C(=O)N1C[C@H](O)C[C@H]1C(=O)NCc1ccc(-c2scnc2C)cc1)C(C)(C)S. The molecule has 1 aliphatic rings. The number of aryl methyl sites for hydroxylation is 1. The van der Waals surface area contributed by atoms with E-state index in [1.54, 1.807) is 25.2 Å². The highest BCUT2D eigenvalue weighted by atomic mass is 32.1. The molecule has 8 nitrogen and oxygen atoms in total. The van der Waals surface area contributed by atoms with Crippen molar-refractivity contribution in [1.82, 2.24) is 20.5 Å². The molecule has 1 saturated heterocycles. The predicted octanol–water partition coefficient (Wildman–Crippen LogP) is 1.91. The molecule has 1 aromatic carbocycles. The standard InChI is InChI=1S/C23H30N4O4S2/c1-13-19(33-12-25-13)16-7-5-15(6-8-16)10-24-21(30)18-9-17(29)11-27(18)22(31)20(23(3,4)32)26-14(2)28/h5-8,12,17-18,20,29,32H,9-11H2,1-4H3,(H,24,30)(H,26,28)/t17-,18+,20-/m1/s1. The molecule has 1 aromatic heterocycles. The summed E-state index contributed by atoms with van der Waals surface area (Å²) in [5.41, 5.74) is 4.78. The van der Waals surface area contributed by atoms with Crippen LogP contribution in [-0.4, -0.2) is 62.2 Å². The second kappa shape index (κ2) is 10.2. The summed E-state index contributed by atoms with van der Waals surface area (Å²) in [5, 5.41) is 15.7. The number of aromatic nitrogens is 1. The van der Waals surface area contributed by atoms with Crippen molar-refractivity contribution < 1.29 is 19.5 Å². The molecular formula is C23H30N4O4S2. The van der Waals surface area contributed by atoms with Gasteiger partial charge in [0.15, 0.2) is 0 Å². The Bertz CT molecular complexity index is 1020. The van der Waals surface area contributed by atoms with Gasteiger partial charge in [0.05, 0.1) is 22.2 Å². The van der Waals surface area contributed by atoms with Gasteiger partial charge in [-0.05, 0) is 31.9 Å².